The van der Waals surface area contributed by atoms with Crippen molar-refractivity contribution in [1.29, 1.82) is 0 Å². The van der Waals surface area contributed by atoms with Crippen LogP contribution in [-0.2, 0) is 4.74 Å². The Kier molecular flexibility index (Phi) is 6.75. The fourth-order valence-electron chi connectivity index (χ4n) is 4.17. The zero-order valence-corrected chi connectivity index (χ0v) is 21.0. The number of likely N-dealkylation sites (tertiary alicyclic amines) is 1. The van der Waals surface area contributed by atoms with E-state index in [0.29, 0.717) is 31.7 Å². The molecule has 3 aromatic rings. The van der Waals surface area contributed by atoms with Gasteiger partial charge in [0, 0.05) is 35.6 Å². The van der Waals surface area contributed by atoms with E-state index in [4.69, 9.17) is 4.74 Å². The van der Waals surface area contributed by atoms with Gasteiger partial charge in [0.15, 0.2) is 0 Å². The van der Waals surface area contributed by atoms with Crippen LogP contribution >= 0.6 is 11.3 Å². The molecule has 184 valence electrons. The highest BCUT2D eigenvalue weighted by Gasteiger charge is 2.35. The van der Waals surface area contributed by atoms with Crippen molar-refractivity contribution in [3.63, 3.8) is 0 Å². The van der Waals surface area contributed by atoms with Gasteiger partial charge in [-0.25, -0.2) is 19.6 Å². The quantitative estimate of drug-likeness (QED) is 0.555. The first kappa shape index (κ1) is 24.6. The van der Waals surface area contributed by atoms with Crippen LogP contribution in [0.2, 0.25) is 0 Å². The van der Waals surface area contributed by atoms with Crippen molar-refractivity contribution < 1.29 is 24.2 Å². The Bertz CT molecular complexity index is 1270. The number of pyridine rings is 2. The normalized spacial score (nSPS) is 16.2. The van der Waals surface area contributed by atoms with Gasteiger partial charge in [0.25, 0.3) is 5.91 Å². The lowest BCUT2D eigenvalue weighted by molar-refractivity contribution is 0.0196. The van der Waals surface area contributed by atoms with Gasteiger partial charge in [-0.05, 0) is 69.7 Å². The number of ether oxygens (including phenoxy) is 1. The molecule has 4 rings (SSSR count). The zero-order chi connectivity index (χ0) is 25.3. The lowest BCUT2D eigenvalue weighted by Gasteiger charge is -2.39. The van der Waals surface area contributed by atoms with E-state index in [-0.39, 0.29) is 23.2 Å². The number of anilines is 1. The third kappa shape index (κ3) is 5.27. The highest BCUT2D eigenvalue weighted by Crippen LogP contribution is 2.35. The number of amides is 2. The minimum absolute atomic E-state index is 0.143. The maximum atomic E-state index is 13.9. The van der Waals surface area contributed by atoms with Crippen molar-refractivity contribution in [2.45, 2.75) is 52.2 Å². The van der Waals surface area contributed by atoms with Crippen molar-refractivity contribution >= 4 is 45.2 Å². The number of carbonyl (C=O) groups is 3. The molecule has 1 aliphatic rings. The van der Waals surface area contributed by atoms with Crippen LogP contribution in [0.3, 0.4) is 0 Å². The summed E-state index contributed by atoms with van der Waals surface area (Å²) in [5.41, 5.74) is 0.481. The number of fused-ring (bicyclic) bond motifs is 1. The third-order valence-electron chi connectivity index (χ3n) is 5.74. The van der Waals surface area contributed by atoms with Crippen LogP contribution in [-0.4, -0.2) is 62.7 Å². The summed E-state index contributed by atoms with van der Waals surface area (Å²) in [4.78, 5) is 49.7. The molecule has 10 heteroatoms. The van der Waals surface area contributed by atoms with E-state index in [0.717, 1.165) is 15.6 Å². The Morgan fingerprint density at radius 1 is 1.20 bits per heavy atom. The molecule has 0 saturated carbocycles. The summed E-state index contributed by atoms with van der Waals surface area (Å²) in [6, 6.07) is 4.34. The molecule has 4 heterocycles. The summed E-state index contributed by atoms with van der Waals surface area (Å²) < 4.78 is 6.58. The van der Waals surface area contributed by atoms with Gasteiger partial charge in [-0.3, -0.25) is 9.69 Å². The van der Waals surface area contributed by atoms with Crippen LogP contribution < -0.4 is 4.90 Å². The van der Waals surface area contributed by atoms with Crippen molar-refractivity contribution in [2.75, 3.05) is 18.0 Å². The molecule has 3 aromatic heterocycles. The first-order valence-electron chi connectivity index (χ1n) is 11.4. The van der Waals surface area contributed by atoms with Crippen molar-refractivity contribution in [2.24, 2.45) is 0 Å². The zero-order valence-electron chi connectivity index (χ0n) is 20.1. The number of hydrogen-bond donors (Lipinski definition) is 1. The van der Waals surface area contributed by atoms with Crippen LogP contribution in [0, 0.1) is 6.92 Å². The Labute approximate surface area is 207 Å². The maximum absolute atomic E-state index is 13.9. The van der Waals surface area contributed by atoms with Crippen molar-refractivity contribution in [3.8, 4) is 0 Å². The van der Waals surface area contributed by atoms with Gasteiger partial charge >= 0.3 is 12.1 Å². The summed E-state index contributed by atoms with van der Waals surface area (Å²) in [6.45, 7) is 8.27. The minimum Gasteiger partial charge on any atom is -0.477 e. The number of piperidine rings is 1. The predicted octanol–water partition coefficient (Wildman–Crippen LogP) is 4.74. The topological polar surface area (TPSA) is 113 Å². The number of aromatic carboxylic acids is 1. The fraction of sp³-hybridized carbons (Fsp3) is 0.400. The molecule has 0 spiro atoms. The predicted molar refractivity (Wildman–Crippen MR) is 133 cm³/mol. The van der Waals surface area contributed by atoms with Gasteiger partial charge in [-0.2, -0.15) is 0 Å². The van der Waals surface area contributed by atoms with Crippen molar-refractivity contribution in [3.05, 3.63) is 52.8 Å². The number of aryl methyl sites for hydroxylation is 1. The molecule has 35 heavy (non-hydrogen) atoms. The summed E-state index contributed by atoms with van der Waals surface area (Å²) in [5, 5.41) is 12.1. The van der Waals surface area contributed by atoms with E-state index in [2.05, 4.69) is 9.97 Å². The Balaban J connectivity index is 1.74. The first-order chi connectivity index (χ1) is 16.5. The van der Waals surface area contributed by atoms with Gasteiger partial charge in [0.2, 0.25) is 0 Å². The highest BCUT2D eigenvalue weighted by molar-refractivity contribution is 7.17. The molecule has 0 radical (unpaired) electrons. The summed E-state index contributed by atoms with van der Waals surface area (Å²) in [6.07, 6.45) is 3.90. The van der Waals surface area contributed by atoms with Gasteiger partial charge in [0.1, 0.15) is 17.1 Å². The number of carbonyl (C=O) groups excluding carboxylic acids is 2. The van der Waals surface area contributed by atoms with E-state index in [9.17, 15) is 19.5 Å². The monoisotopic (exact) mass is 496 g/mol. The number of nitrogens with zero attached hydrogens (tertiary/aromatic N) is 4. The molecule has 1 aliphatic heterocycles. The lowest BCUT2D eigenvalue weighted by Crippen LogP contribution is -2.53. The molecule has 0 aromatic carbocycles. The number of carboxylic acids is 1. The summed E-state index contributed by atoms with van der Waals surface area (Å²) in [7, 11) is 0. The van der Waals surface area contributed by atoms with E-state index in [1.165, 1.54) is 18.3 Å². The molecular weight excluding hydrogens is 468 g/mol. The number of rotatable bonds is 4. The number of hydrogen-bond acceptors (Lipinski definition) is 7. The molecule has 1 saturated heterocycles. The average molecular weight is 497 g/mol. The lowest BCUT2D eigenvalue weighted by atomic mass is 10.0. The van der Waals surface area contributed by atoms with Crippen LogP contribution in [0.15, 0.2) is 36.0 Å². The third-order valence-corrected chi connectivity index (χ3v) is 6.81. The van der Waals surface area contributed by atoms with Crippen LogP contribution in [0.5, 0.6) is 0 Å². The average Bonchev–Trinajstić information content (AvgIpc) is 3.20. The largest absolute Gasteiger partial charge is 0.477 e. The van der Waals surface area contributed by atoms with Gasteiger partial charge < -0.3 is 14.7 Å². The molecule has 1 fully saturated rings. The van der Waals surface area contributed by atoms with Crippen LogP contribution in [0.4, 0.5) is 10.6 Å². The summed E-state index contributed by atoms with van der Waals surface area (Å²) >= 11 is 1.58. The molecule has 1 N–H and O–H groups in total. The number of thiophene rings is 1. The molecule has 2 amide bonds. The summed E-state index contributed by atoms with van der Waals surface area (Å²) in [5.74, 6) is -0.998. The molecule has 0 bridgehead atoms. The Morgan fingerprint density at radius 3 is 2.63 bits per heavy atom. The Hall–Kier alpha value is -3.53. The SMILES string of the molecule is Cc1csc2ccnc(N(C(=O)c3ccc(C(=O)O)nc3)[C@@H]3CCCN(C(=O)OC(C)(C)C)C3)c12. The van der Waals surface area contributed by atoms with E-state index in [1.807, 2.05) is 39.1 Å². The molecule has 9 nitrogen and oxygen atoms in total. The second-order valence-electron chi connectivity index (χ2n) is 9.56. The van der Waals surface area contributed by atoms with Crippen LogP contribution in [0.1, 0.15) is 60.0 Å². The van der Waals surface area contributed by atoms with Gasteiger partial charge in [-0.1, -0.05) is 0 Å². The second kappa shape index (κ2) is 9.61. The van der Waals surface area contributed by atoms with E-state index < -0.39 is 17.7 Å². The smallest absolute Gasteiger partial charge is 0.410 e. The van der Waals surface area contributed by atoms with Gasteiger partial charge in [-0.15, -0.1) is 11.3 Å². The molecule has 0 unspecified atom stereocenters. The minimum atomic E-state index is -1.17. The molecule has 1 atom stereocenters. The Morgan fingerprint density at radius 2 is 1.97 bits per heavy atom. The van der Waals surface area contributed by atoms with Gasteiger partial charge in [0.05, 0.1) is 11.6 Å². The van der Waals surface area contributed by atoms with Crippen molar-refractivity contribution in [1.82, 2.24) is 14.9 Å². The molecular formula is C25H28N4O5S. The maximum Gasteiger partial charge on any atom is 0.410 e. The standard InChI is InChI=1S/C25H28N4O5S/c1-15-14-35-19-9-10-26-21(20(15)19)29(22(30)16-7-8-18(23(31)32)27-12-16)17-6-5-11-28(13-17)24(33)34-25(2,3)4/h7-10,12,14,17H,5-6,11,13H2,1-4H3,(H,31,32)/t17-/m1/s1. The van der Waals surface area contributed by atoms with E-state index >= 15 is 0 Å². The fourth-order valence-corrected chi connectivity index (χ4v) is 5.11. The highest BCUT2D eigenvalue weighted by atomic mass is 32.1. The van der Waals surface area contributed by atoms with E-state index in [1.54, 1.807) is 27.3 Å². The molecule has 0 aliphatic carbocycles. The number of carboxylic acid groups (broad SMARTS) is 1. The van der Waals surface area contributed by atoms with Crippen LogP contribution in [0.25, 0.3) is 10.1 Å². The second-order valence-corrected chi connectivity index (χ2v) is 10.5. The number of aromatic nitrogens is 2. The first-order valence-corrected chi connectivity index (χ1v) is 12.3.